The molecule has 0 amide bonds. The Balaban J connectivity index is 3.00. The van der Waals surface area contributed by atoms with Gasteiger partial charge in [0, 0.05) is 11.8 Å². The van der Waals surface area contributed by atoms with Crippen LogP contribution in [-0.2, 0) is 11.4 Å². The molecule has 0 saturated heterocycles. The molecule has 0 aliphatic carbocycles. The van der Waals surface area contributed by atoms with Crippen molar-refractivity contribution in [2.75, 3.05) is 0 Å². The Labute approximate surface area is 104 Å². The maximum absolute atomic E-state index is 12.2. The highest BCUT2D eigenvalue weighted by Gasteiger charge is 2.22. The van der Waals surface area contributed by atoms with Crippen molar-refractivity contribution in [1.82, 2.24) is 0 Å². The van der Waals surface area contributed by atoms with Crippen LogP contribution in [0.2, 0.25) is 0 Å². The number of hydrogen-bond acceptors (Lipinski definition) is 2. The molecule has 17 heavy (non-hydrogen) atoms. The zero-order valence-electron chi connectivity index (χ0n) is 10.9. The van der Waals surface area contributed by atoms with E-state index in [9.17, 15) is 4.79 Å². The maximum atomic E-state index is 12.2. The van der Waals surface area contributed by atoms with Crippen molar-refractivity contribution >= 4 is 5.78 Å². The van der Waals surface area contributed by atoms with Gasteiger partial charge in [0.1, 0.15) is 5.78 Å². The van der Waals surface area contributed by atoms with Crippen LogP contribution in [0.1, 0.15) is 50.7 Å². The van der Waals surface area contributed by atoms with E-state index in [4.69, 9.17) is 5.11 Å². The second-order valence-electron chi connectivity index (χ2n) is 4.80. The molecule has 1 N–H and O–H groups in total. The summed E-state index contributed by atoms with van der Waals surface area (Å²) in [6.07, 6.45) is 1.87. The largest absolute Gasteiger partial charge is 0.392 e. The van der Waals surface area contributed by atoms with Gasteiger partial charge < -0.3 is 5.11 Å². The summed E-state index contributed by atoms with van der Waals surface area (Å²) in [6, 6.07) is 7.73. The first kappa shape index (κ1) is 13.9. The van der Waals surface area contributed by atoms with Gasteiger partial charge in [-0.25, -0.2) is 0 Å². The summed E-state index contributed by atoms with van der Waals surface area (Å²) in [5.74, 6) is 0.331. The molecule has 0 saturated carbocycles. The molecule has 0 aliphatic rings. The summed E-state index contributed by atoms with van der Waals surface area (Å²) in [6.45, 7) is 6.01. The van der Waals surface area contributed by atoms with Gasteiger partial charge in [0.15, 0.2) is 0 Å². The van der Waals surface area contributed by atoms with Gasteiger partial charge in [0.05, 0.1) is 6.61 Å². The van der Waals surface area contributed by atoms with Crippen molar-refractivity contribution in [3.05, 3.63) is 35.4 Å². The smallest absolute Gasteiger partial charge is 0.142 e. The van der Waals surface area contributed by atoms with E-state index in [-0.39, 0.29) is 18.4 Å². The molecule has 1 unspecified atom stereocenters. The lowest BCUT2D eigenvalue weighted by Gasteiger charge is -2.18. The number of benzene rings is 1. The molecule has 2 nitrogen and oxygen atoms in total. The van der Waals surface area contributed by atoms with Crippen LogP contribution in [0.4, 0.5) is 0 Å². The molecule has 94 valence electrons. The Morgan fingerprint density at radius 3 is 2.59 bits per heavy atom. The summed E-state index contributed by atoms with van der Waals surface area (Å²) in [5.41, 5.74) is 1.91. The van der Waals surface area contributed by atoms with E-state index < -0.39 is 0 Å². The van der Waals surface area contributed by atoms with Gasteiger partial charge in [-0.1, -0.05) is 51.5 Å². The zero-order chi connectivity index (χ0) is 12.8. The normalized spacial score (nSPS) is 12.8. The second kappa shape index (κ2) is 6.55. The van der Waals surface area contributed by atoms with Crippen LogP contribution in [0.3, 0.4) is 0 Å². The van der Waals surface area contributed by atoms with E-state index in [0.29, 0.717) is 5.78 Å². The fourth-order valence-electron chi connectivity index (χ4n) is 2.07. The molecule has 0 aromatic heterocycles. The quantitative estimate of drug-likeness (QED) is 0.820. The molecular weight excluding hydrogens is 212 g/mol. The monoisotopic (exact) mass is 234 g/mol. The minimum absolute atomic E-state index is 0.0218. The van der Waals surface area contributed by atoms with Crippen LogP contribution in [0.15, 0.2) is 24.3 Å². The molecule has 0 fully saturated rings. The molecule has 1 atom stereocenters. The van der Waals surface area contributed by atoms with Crippen LogP contribution in [0.5, 0.6) is 0 Å². The first-order valence-electron chi connectivity index (χ1n) is 6.33. The van der Waals surface area contributed by atoms with Crippen molar-refractivity contribution < 1.29 is 9.90 Å². The SMILES string of the molecule is CCCC(C(=O)C(C)C)c1cccc(CO)c1. The number of carbonyl (C=O) groups excluding carboxylic acids is 1. The number of Topliss-reactive ketones (excluding diaryl/α,β-unsaturated/α-hetero) is 1. The lowest BCUT2D eigenvalue weighted by Crippen LogP contribution is -2.18. The maximum Gasteiger partial charge on any atom is 0.142 e. The Bertz CT molecular complexity index is 369. The molecular formula is C15H22O2. The Hall–Kier alpha value is -1.15. The summed E-state index contributed by atoms with van der Waals surface area (Å²) >= 11 is 0. The van der Waals surface area contributed by atoms with Gasteiger partial charge in [-0.3, -0.25) is 4.79 Å². The van der Waals surface area contributed by atoms with Gasteiger partial charge in [0.2, 0.25) is 0 Å². The van der Waals surface area contributed by atoms with Gasteiger partial charge >= 0.3 is 0 Å². The number of carbonyl (C=O) groups is 1. The van der Waals surface area contributed by atoms with Crippen LogP contribution in [0.25, 0.3) is 0 Å². The first-order chi connectivity index (χ1) is 8.10. The predicted octanol–water partition coefficient (Wildman–Crippen LogP) is 3.29. The molecule has 0 heterocycles. The lowest BCUT2D eigenvalue weighted by atomic mass is 9.85. The average molecular weight is 234 g/mol. The van der Waals surface area contributed by atoms with Crippen molar-refractivity contribution in [2.45, 2.75) is 46.1 Å². The summed E-state index contributed by atoms with van der Waals surface area (Å²) in [7, 11) is 0. The highest BCUT2D eigenvalue weighted by Crippen LogP contribution is 2.26. The van der Waals surface area contributed by atoms with Gasteiger partial charge in [-0.15, -0.1) is 0 Å². The third kappa shape index (κ3) is 3.67. The van der Waals surface area contributed by atoms with Gasteiger partial charge in [-0.2, -0.15) is 0 Å². The first-order valence-corrected chi connectivity index (χ1v) is 6.33. The third-order valence-corrected chi connectivity index (χ3v) is 3.03. The highest BCUT2D eigenvalue weighted by molar-refractivity contribution is 5.87. The van der Waals surface area contributed by atoms with E-state index in [2.05, 4.69) is 6.92 Å². The van der Waals surface area contributed by atoms with Crippen molar-refractivity contribution in [1.29, 1.82) is 0 Å². The van der Waals surface area contributed by atoms with Crippen LogP contribution >= 0.6 is 0 Å². The zero-order valence-corrected chi connectivity index (χ0v) is 10.9. The molecule has 0 bridgehead atoms. The summed E-state index contributed by atoms with van der Waals surface area (Å²) in [5, 5.41) is 9.14. The molecule has 1 rings (SSSR count). The van der Waals surface area contributed by atoms with Crippen molar-refractivity contribution in [3.63, 3.8) is 0 Å². The molecule has 0 aliphatic heterocycles. The Morgan fingerprint density at radius 1 is 1.35 bits per heavy atom. The predicted molar refractivity (Wildman–Crippen MR) is 69.9 cm³/mol. The third-order valence-electron chi connectivity index (χ3n) is 3.03. The minimum atomic E-state index is -0.0218. The fraction of sp³-hybridized carbons (Fsp3) is 0.533. The standard InChI is InChI=1S/C15H22O2/c1-4-6-14(15(17)11(2)3)13-8-5-7-12(9-13)10-16/h5,7-9,11,14,16H,4,6,10H2,1-3H3. The Kier molecular flexibility index (Phi) is 5.36. The molecule has 2 heteroatoms. The fourth-order valence-corrected chi connectivity index (χ4v) is 2.07. The van der Waals surface area contributed by atoms with E-state index in [1.807, 2.05) is 38.1 Å². The topological polar surface area (TPSA) is 37.3 Å². The van der Waals surface area contributed by atoms with E-state index >= 15 is 0 Å². The lowest BCUT2D eigenvalue weighted by molar-refractivity contribution is -0.123. The van der Waals surface area contributed by atoms with Crippen molar-refractivity contribution in [2.24, 2.45) is 5.92 Å². The molecule has 0 spiro atoms. The molecule has 0 radical (unpaired) electrons. The van der Waals surface area contributed by atoms with Gasteiger partial charge in [0.25, 0.3) is 0 Å². The highest BCUT2D eigenvalue weighted by atomic mass is 16.3. The summed E-state index contributed by atoms with van der Waals surface area (Å²) in [4.78, 5) is 12.2. The van der Waals surface area contributed by atoms with E-state index in [1.54, 1.807) is 0 Å². The van der Waals surface area contributed by atoms with Gasteiger partial charge in [-0.05, 0) is 17.5 Å². The summed E-state index contributed by atoms with van der Waals surface area (Å²) < 4.78 is 0. The number of rotatable bonds is 6. The van der Waals surface area contributed by atoms with E-state index in [1.165, 1.54) is 0 Å². The number of aliphatic hydroxyl groups excluding tert-OH is 1. The van der Waals surface area contributed by atoms with Crippen LogP contribution < -0.4 is 0 Å². The number of hydrogen-bond donors (Lipinski definition) is 1. The van der Waals surface area contributed by atoms with E-state index in [0.717, 1.165) is 24.0 Å². The average Bonchev–Trinajstić information content (AvgIpc) is 2.35. The number of aliphatic hydroxyl groups is 1. The van der Waals surface area contributed by atoms with Crippen molar-refractivity contribution in [3.8, 4) is 0 Å². The Morgan fingerprint density at radius 2 is 2.06 bits per heavy atom. The van der Waals surface area contributed by atoms with Crippen LogP contribution in [-0.4, -0.2) is 10.9 Å². The minimum Gasteiger partial charge on any atom is -0.392 e. The molecule has 1 aromatic rings. The number of ketones is 1. The molecule has 1 aromatic carbocycles. The second-order valence-corrected chi connectivity index (χ2v) is 4.80. The van der Waals surface area contributed by atoms with Crippen LogP contribution in [0, 0.1) is 5.92 Å².